The molecule has 3 aromatic rings. The number of piperidine rings is 1. The van der Waals surface area contributed by atoms with E-state index in [0.29, 0.717) is 6.54 Å². The van der Waals surface area contributed by atoms with Gasteiger partial charge in [0.1, 0.15) is 5.54 Å². The molecule has 0 bridgehead atoms. The van der Waals surface area contributed by atoms with Crippen molar-refractivity contribution >= 4 is 34.3 Å². The van der Waals surface area contributed by atoms with Crippen LogP contribution in [0.25, 0.3) is 11.0 Å². The molecule has 1 N–H and O–H groups in total. The van der Waals surface area contributed by atoms with E-state index >= 15 is 0 Å². The number of urea groups is 1. The Kier molecular flexibility index (Phi) is 5.43. The maximum absolute atomic E-state index is 13.2. The molecule has 5 rings (SSSR count). The van der Waals surface area contributed by atoms with E-state index in [9.17, 15) is 9.59 Å². The molecule has 32 heavy (non-hydrogen) atoms. The van der Waals surface area contributed by atoms with Crippen molar-refractivity contribution in [2.45, 2.75) is 45.3 Å². The number of hydrogen-bond donors (Lipinski definition) is 1. The maximum Gasteiger partial charge on any atom is 0.325 e. The molecule has 2 aromatic heterocycles. The van der Waals surface area contributed by atoms with E-state index in [1.54, 1.807) is 11.3 Å². The van der Waals surface area contributed by atoms with Crippen molar-refractivity contribution in [3.63, 3.8) is 0 Å². The lowest BCUT2D eigenvalue weighted by atomic mass is 9.79. The molecule has 166 valence electrons. The highest BCUT2D eigenvalue weighted by molar-refractivity contribution is 7.07. The van der Waals surface area contributed by atoms with E-state index in [0.717, 1.165) is 60.5 Å². The number of aryl methyl sites for hydroxylation is 1. The second-order valence-corrected chi connectivity index (χ2v) is 9.73. The van der Waals surface area contributed by atoms with Crippen molar-refractivity contribution in [2.24, 2.45) is 5.92 Å². The first kappa shape index (κ1) is 21.0. The molecule has 2 saturated heterocycles. The molecule has 0 aliphatic carbocycles. The Hall–Kier alpha value is -2.84. The van der Waals surface area contributed by atoms with Crippen LogP contribution in [0.15, 0.2) is 41.1 Å². The number of likely N-dealkylation sites (tertiary alicyclic amines) is 1. The SMILES string of the molecule is Cc1nc2ccccc2nc1CN1CCC([C@]2(C)NC(=O)N(Cc3ccsc3)C2=O)CC1. The Balaban J connectivity index is 1.24. The van der Waals surface area contributed by atoms with Gasteiger partial charge in [-0.25, -0.2) is 14.8 Å². The lowest BCUT2D eigenvalue weighted by molar-refractivity contribution is -0.133. The van der Waals surface area contributed by atoms with Gasteiger partial charge in [-0.05, 0) is 80.2 Å². The first-order chi connectivity index (χ1) is 15.4. The van der Waals surface area contributed by atoms with E-state index in [-0.39, 0.29) is 17.9 Å². The van der Waals surface area contributed by atoms with Crippen LogP contribution in [0.4, 0.5) is 4.79 Å². The summed E-state index contributed by atoms with van der Waals surface area (Å²) in [6.45, 7) is 6.71. The minimum atomic E-state index is -0.835. The van der Waals surface area contributed by atoms with Crippen LogP contribution in [0.2, 0.25) is 0 Å². The number of carbonyl (C=O) groups excluding carboxylic acids is 2. The van der Waals surface area contributed by atoms with Gasteiger partial charge in [0.05, 0.1) is 29.0 Å². The van der Waals surface area contributed by atoms with Crippen molar-refractivity contribution in [2.75, 3.05) is 13.1 Å². The highest BCUT2D eigenvalue weighted by Crippen LogP contribution is 2.34. The van der Waals surface area contributed by atoms with Gasteiger partial charge >= 0.3 is 6.03 Å². The zero-order valence-corrected chi connectivity index (χ0v) is 19.2. The Morgan fingerprint density at radius 2 is 1.81 bits per heavy atom. The number of nitrogens with zero attached hydrogens (tertiary/aromatic N) is 4. The number of carbonyl (C=O) groups is 2. The summed E-state index contributed by atoms with van der Waals surface area (Å²) < 4.78 is 0. The first-order valence-electron chi connectivity index (χ1n) is 11.0. The summed E-state index contributed by atoms with van der Waals surface area (Å²) in [6.07, 6.45) is 1.71. The fourth-order valence-corrected chi connectivity index (χ4v) is 5.52. The Bertz CT molecular complexity index is 1160. The lowest BCUT2D eigenvalue weighted by Crippen LogP contribution is -2.53. The van der Waals surface area contributed by atoms with Crippen LogP contribution in [-0.4, -0.2) is 50.3 Å². The average molecular weight is 450 g/mol. The molecule has 0 spiro atoms. The second-order valence-electron chi connectivity index (χ2n) is 8.95. The number of amides is 3. The van der Waals surface area contributed by atoms with Crippen molar-refractivity contribution in [3.8, 4) is 0 Å². The van der Waals surface area contributed by atoms with Crippen molar-refractivity contribution < 1.29 is 9.59 Å². The molecule has 1 aromatic carbocycles. The van der Waals surface area contributed by atoms with Gasteiger partial charge in [0.15, 0.2) is 0 Å². The molecule has 0 radical (unpaired) electrons. The third-order valence-corrected chi connectivity index (χ3v) is 7.57. The lowest BCUT2D eigenvalue weighted by Gasteiger charge is -2.38. The summed E-state index contributed by atoms with van der Waals surface area (Å²) in [5, 5.41) is 6.95. The van der Waals surface area contributed by atoms with E-state index in [1.807, 2.05) is 54.9 Å². The van der Waals surface area contributed by atoms with Gasteiger partial charge in [-0.15, -0.1) is 0 Å². The van der Waals surface area contributed by atoms with Crippen LogP contribution in [0.5, 0.6) is 0 Å². The molecular weight excluding hydrogens is 422 g/mol. The monoisotopic (exact) mass is 449 g/mol. The topological polar surface area (TPSA) is 78.4 Å². The average Bonchev–Trinajstić information content (AvgIpc) is 3.38. The Morgan fingerprint density at radius 1 is 1.09 bits per heavy atom. The maximum atomic E-state index is 13.2. The van der Waals surface area contributed by atoms with Crippen LogP contribution in [0, 0.1) is 12.8 Å². The zero-order valence-electron chi connectivity index (χ0n) is 18.4. The number of aromatic nitrogens is 2. The molecule has 2 fully saturated rings. The molecule has 7 nitrogen and oxygen atoms in total. The van der Waals surface area contributed by atoms with Gasteiger partial charge in [0.2, 0.25) is 0 Å². The predicted molar refractivity (Wildman–Crippen MR) is 124 cm³/mol. The number of para-hydroxylation sites is 2. The van der Waals surface area contributed by atoms with Gasteiger partial charge in [-0.3, -0.25) is 14.6 Å². The zero-order chi connectivity index (χ0) is 22.3. The molecule has 4 heterocycles. The largest absolute Gasteiger partial charge is 0.325 e. The number of thiophene rings is 1. The van der Waals surface area contributed by atoms with Crippen molar-refractivity contribution in [1.82, 2.24) is 25.1 Å². The first-order valence-corrected chi connectivity index (χ1v) is 12.0. The number of nitrogens with one attached hydrogen (secondary N) is 1. The van der Waals surface area contributed by atoms with E-state index in [2.05, 4.69) is 10.2 Å². The Labute approximate surface area is 191 Å². The van der Waals surface area contributed by atoms with Gasteiger partial charge < -0.3 is 5.32 Å². The number of rotatable bonds is 5. The summed E-state index contributed by atoms with van der Waals surface area (Å²) >= 11 is 1.57. The number of fused-ring (bicyclic) bond motifs is 1. The molecule has 2 aliphatic heterocycles. The fraction of sp³-hybridized carbons (Fsp3) is 0.417. The van der Waals surface area contributed by atoms with Gasteiger partial charge in [0.25, 0.3) is 5.91 Å². The van der Waals surface area contributed by atoms with Crippen LogP contribution in [-0.2, 0) is 17.9 Å². The number of hydrogen-bond acceptors (Lipinski definition) is 6. The van der Waals surface area contributed by atoms with Crippen molar-refractivity contribution in [1.29, 1.82) is 0 Å². The van der Waals surface area contributed by atoms with Gasteiger partial charge in [0, 0.05) is 6.54 Å². The molecule has 1 atom stereocenters. The molecular formula is C24H27N5O2S. The molecule has 0 saturated carbocycles. The minimum Gasteiger partial charge on any atom is -0.323 e. The van der Waals surface area contributed by atoms with Gasteiger partial charge in [-0.1, -0.05) is 12.1 Å². The highest BCUT2D eigenvalue weighted by Gasteiger charge is 2.52. The van der Waals surface area contributed by atoms with Crippen LogP contribution in [0.1, 0.15) is 36.7 Å². The van der Waals surface area contributed by atoms with E-state index in [4.69, 9.17) is 9.97 Å². The summed E-state index contributed by atoms with van der Waals surface area (Å²) in [5.41, 5.74) is 3.95. The van der Waals surface area contributed by atoms with E-state index in [1.165, 1.54) is 4.90 Å². The summed E-state index contributed by atoms with van der Waals surface area (Å²) in [5.74, 6) is 0.00912. The summed E-state index contributed by atoms with van der Waals surface area (Å²) in [6, 6.07) is 9.61. The highest BCUT2D eigenvalue weighted by atomic mass is 32.1. The smallest absolute Gasteiger partial charge is 0.323 e. The third-order valence-electron chi connectivity index (χ3n) is 6.84. The normalized spacial score (nSPS) is 22.6. The molecule has 2 aliphatic rings. The van der Waals surface area contributed by atoms with Crippen LogP contribution < -0.4 is 5.32 Å². The summed E-state index contributed by atoms with van der Waals surface area (Å²) in [7, 11) is 0. The second kappa shape index (κ2) is 8.26. The Morgan fingerprint density at radius 3 is 2.50 bits per heavy atom. The summed E-state index contributed by atoms with van der Waals surface area (Å²) in [4.78, 5) is 39.1. The molecule has 0 unspecified atom stereocenters. The number of imide groups is 1. The standard InChI is InChI=1S/C24H27N5O2S/c1-16-21(26-20-6-4-3-5-19(20)25-16)14-28-10-7-18(8-11-28)24(2)22(30)29(23(31)27-24)13-17-9-12-32-15-17/h3-6,9,12,15,18H,7-8,10-11,13-14H2,1-2H3,(H,27,31)/t24-/m0/s1. The van der Waals surface area contributed by atoms with Crippen LogP contribution >= 0.6 is 11.3 Å². The minimum absolute atomic E-state index is 0.108. The predicted octanol–water partition coefficient (Wildman–Crippen LogP) is 3.72. The van der Waals surface area contributed by atoms with Crippen molar-refractivity contribution in [3.05, 3.63) is 58.0 Å². The quantitative estimate of drug-likeness (QED) is 0.601. The molecule has 3 amide bonds. The molecule has 8 heteroatoms. The fourth-order valence-electron chi connectivity index (χ4n) is 4.86. The third kappa shape index (κ3) is 3.78. The van der Waals surface area contributed by atoms with E-state index < -0.39 is 5.54 Å². The van der Waals surface area contributed by atoms with Gasteiger partial charge in [-0.2, -0.15) is 11.3 Å². The number of benzene rings is 1. The van der Waals surface area contributed by atoms with Crippen LogP contribution in [0.3, 0.4) is 0 Å².